The van der Waals surface area contributed by atoms with Crippen molar-refractivity contribution in [1.82, 2.24) is 14.8 Å². The fraction of sp³-hybridized carbons (Fsp3) is 0.667. The molecule has 2 aliphatic rings. The van der Waals surface area contributed by atoms with Gasteiger partial charge in [-0.05, 0) is 62.7 Å². The van der Waals surface area contributed by atoms with Crippen molar-refractivity contribution in [3.05, 3.63) is 24.5 Å². The van der Waals surface area contributed by atoms with Crippen molar-refractivity contribution in [3.8, 4) is 0 Å². The number of carbonyl (C=O) groups excluding carboxylic acids is 1. The molecule has 23 heavy (non-hydrogen) atoms. The van der Waals surface area contributed by atoms with Gasteiger partial charge in [-0.3, -0.25) is 4.98 Å². The van der Waals surface area contributed by atoms with E-state index < -0.39 is 0 Å². The quantitative estimate of drug-likeness (QED) is 0.932. The number of amides is 2. The van der Waals surface area contributed by atoms with Crippen molar-refractivity contribution < 1.29 is 4.79 Å². The summed E-state index contributed by atoms with van der Waals surface area (Å²) in [7, 11) is 0. The van der Waals surface area contributed by atoms with Crippen LogP contribution in [-0.2, 0) is 0 Å². The highest BCUT2D eigenvalue weighted by Gasteiger charge is 2.26. The molecule has 1 unspecified atom stereocenters. The summed E-state index contributed by atoms with van der Waals surface area (Å²) >= 11 is 0. The second-order valence-electron chi connectivity index (χ2n) is 7.10. The molecular formula is C18H28N4O. The van der Waals surface area contributed by atoms with Crippen molar-refractivity contribution in [1.29, 1.82) is 0 Å². The Morgan fingerprint density at radius 3 is 2.70 bits per heavy atom. The third kappa shape index (κ3) is 4.67. The first kappa shape index (κ1) is 16.2. The molecule has 5 heteroatoms. The molecule has 0 aromatic carbocycles. The van der Waals surface area contributed by atoms with Crippen LogP contribution >= 0.6 is 0 Å². The summed E-state index contributed by atoms with van der Waals surface area (Å²) in [6, 6.07) is 3.68. The molecule has 1 aromatic rings. The minimum atomic E-state index is 0.0215. The van der Waals surface area contributed by atoms with E-state index in [-0.39, 0.29) is 6.03 Å². The van der Waals surface area contributed by atoms with Crippen LogP contribution in [0.2, 0.25) is 0 Å². The zero-order chi connectivity index (χ0) is 16.1. The van der Waals surface area contributed by atoms with Crippen LogP contribution in [0.3, 0.4) is 0 Å². The number of piperidine rings is 2. The van der Waals surface area contributed by atoms with Gasteiger partial charge in [0.25, 0.3) is 0 Å². The fourth-order valence-electron chi connectivity index (χ4n) is 3.65. The van der Waals surface area contributed by atoms with Gasteiger partial charge in [0, 0.05) is 37.7 Å². The molecule has 1 atom stereocenters. The van der Waals surface area contributed by atoms with E-state index in [1.54, 1.807) is 12.4 Å². The monoisotopic (exact) mass is 316 g/mol. The summed E-state index contributed by atoms with van der Waals surface area (Å²) in [5, 5.41) is 2.97. The molecular weight excluding hydrogens is 288 g/mol. The largest absolute Gasteiger partial charge is 0.324 e. The summed E-state index contributed by atoms with van der Waals surface area (Å²) in [6.07, 6.45) is 8.39. The van der Waals surface area contributed by atoms with Gasteiger partial charge in [-0.25, -0.2) is 4.79 Å². The molecule has 126 valence electrons. The minimum Gasteiger partial charge on any atom is -0.324 e. The SMILES string of the molecule is CC1CCN(CC2CCCN(C(=O)Nc3ccncc3)C2)CC1. The summed E-state index contributed by atoms with van der Waals surface area (Å²) in [4.78, 5) is 21.0. The number of nitrogens with zero attached hydrogens (tertiary/aromatic N) is 3. The highest BCUT2D eigenvalue weighted by molar-refractivity contribution is 5.89. The summed E-state index contributed by atoms with van der Waals surface area (Å²) in [6.45, 7) is 7.68. The van der Waals surface area contributed by atoms with E-state index >= 15 is 0 Å². The van der Waals surface area contributed by atoms with E-state index in [1.807, 2.05) is 17.0 Å². The highest BCUT2D eigenvalue weighted by Crippen LogP contribution is 2.22. The molecule has 5 nitrogen and oxygen atoms in total. The Balaban J connectivity index is 1.48. The number of pyridine rings is 1. The number of hydrogen-bond donors (Lipinski definition) is 1. The minimum absolute atomic E-state index is 0.0215. The van der Waals surface area contributed by atoms with Gasteiger partial charge in [-0.15, -0.1) is 0 Å². The number of hydrogen-bond acceptors (Lipinski definition) is 3. The zero-order valence-electron chi connectivity index (χ0n) is 14.1. The van der Waals surface area contributed by atoms with Crippen molar-refractivity contribution >= 4 is 11.7 Å². The van der Waals surface area contributed by atoms with E-state index in [9.17, 15) is 4.79 Å². The average molecular weight is 316 g/mol. The van der Waals surface area contributed by atoms with Gasteiger partial charge >= 0.3 is 6.03 Å². The predicted molar refractivity (Wildman–Crippen MR) is 92.4 cm³/mol. The van der Waals surface area contributed by atoms with E-state index in [0.29, 0.717) is 5.92 Å². The van der Waals surface area contributed by atoms with Crippen LogP contribution in [0.1, 0.15) is 32.6 Å². The molecule has 0 bridgehead atoms. The van der Waals surface area contributed by atoms with Gasteiger partial charge in [0.05, 0.1) is 0 Å². The molecule has 0 saturated carbocycles. The van der Waals surface area contributed by atoms with Gasteiger partial charge in [0.15, 0.2) is 0 Å². The number of carbonyl (C=O) groups is 1. The zero-order valence-corrected chi connectivity index (χ0v) is 14.1. The Hall–Kier alpha value is -1.62. The van der Waals surface area contributed by atoms with Gasteiger partial charge in [-0.1, -0.05) is 6.92 Å². The first-order valence-electron chi connectivity index (χ1n) is 8.89. The fourth-order valence-corrected chi connectivity index (χ4v) is 3.65. The molecule has 0 aliphatic carbocycles. The molecule has 0 spiro atoms. The maximum atomic E-state index is 12.4. The maximum Gasteiger partial charge on any atom is 0.321 e. The first-order valence-corrected chi connectivity index (χ1v) is 8.89. The van der Waals surface area contributed by atoms with Gasteiger partial charge in [-0.2, -0.15) is 0 Å². The average Bonchev–Trinajstić information content (AvgIpc) is 2.58. The number of aromatic nitrogens is 1. The van der Waals surface area contributed by atoms with Crippen molar-refractivity contribution in [2.75, 3.05) is 38.0 Å². The number of likely N-dealkylation sites (tertiary alicyclic amines) is 2. The Kier molecular flexibility index (Phi) is 5.49. The van der Waals surface area contributed by atoms with Gasteiger partial charge < -0.3 is 15.1 Å². The lowest BCUT2D eigenvalue weighted by Crippen LogP contribution is -2.46. The third-order valence-corrected chi connectivity index (χ3v) is 5.13. The molecule has 2 saturated heterocycles. The smallest absolute Gasteiger partial charge is 0.321 e. The molecule has 0 radical (unpaired) electrons. The van der Waals surface area contributed by atoms with Crippen LogP contribution in [0.25, 0.3) is 0 Å². The Morgan fingerprint density at radius 2 is 1.96 bits per heavy atom. The number of rotatable bonds is 3. The second kappa shape index (κ2) is 7.77. The van der Waals surface area contributed by atoms with E-state index in [4.69, 9.17) is 0 Å². The Bertz CT molecular complexity index is 499. The Labute approximate surface area is 139 Å². The predicted octanol–water partition coefficient (Wildman–Crippen LogP) is 3.06. The van der Waals surface area contributed by atoms with Gasteiger partial charge in [0.2, 0.25) is 0 Å². The lowest BCUT2D eigenvalue weighted by Gasteiger charge is -2.37. The molecule has 2 aliphatic heterocycles. The van der Waals surface area contributed by atoms with Crippen LogP contribution in [0, 0.1) is 11.8 Å². The van der Waals surface area contributed by atoms with Crippen LogP contribution in [0.15, 0.2) is 24.5 Å². The lowest BCUT2D eigenvalue weighted by atomic mass is 9.94. The molecule has 3 heterocycles. The molecule has 1 N–H and O–H groups in total. The lowest BCUT2D eigenvalue weighted by molar-refractivity contribution is 0.124. The molecule has 1 aromatic heterocycles. The first-order chi connectivity index (χ1) is 11.2. The van der Waals surface area contributed by atoms with Crippen LogP contribution in [0.4, 0.5) is 10.5 Å². The molecule has 3 rings (SSSR count). The second-order valence-corrected chi connectivity index (χ2v) is 7.10. The van der Waals surface area contributed by atoms with Gasteiger partial charge in [0.1, 0.15) is 0 Å². The number of urea groups is 1. The topological polar surface area (TPSA) is 48.5 Å². The van der Waals surface area contributed by atoms with Crippen molar-refractivity contribution in [2.45, 2.75) is 32.6 Å². The van der Waals surface area contributed by atoms with Crippen LogP contribution in [-0.4, -0.2) is 53.5 Å². The highest BCUT2D eigenvalue weighted by atomic mass is 16.2. The summed E-state index contributed by atoms with van der Waals surface area (Å²) < 4.78 is 0. The van der Waals surface area contributed by atoms with Crippen molar-refractivity contribution in [3.63, 3.8) is 0 Å². The van der Waals surface area contributed by atoms with Crippen LogP contribution < -0.4 is 5.32 Å². The molecule has 2 fully saturated rings. The molecule has 2 amide bonds. The van der Waals surface area contributed by atoms with E-state index in [1.165, 1.54) is 32.4 Å². The maximum absolute atomic E-state index is 12.4. The normalized spacial score (nSPS) is 23.7. The third-order valence-electron chi connectivity index (χ3n) is 5.13. The summed E-state index contributed by atoms with van der Waals surface area (Å²) in [5.41, 5.74) is 0.817. The van der Waals surface area contributed by atoms with Crippen molar-refractivity contribution in [2.24, 2.45) is 11.8 Å². The number of nitrogens with one attached hydrogen (secondary N) is 1. The standard InChI is InChI=1S/C18H28N4O/c1-15-6-11-21(12-7-15)13-16-3-2-10-22(14-16)18(23)20-17-4-8-19-9-5-17/h4-5,8-9,15-16H,2-3,6-7,10-14H2,1H3,(H,19,20,23). The summed E-state index contributed by atoms with van der Waals surface area (Å²) in [5.74, 6) is 1.49. The number of anilines is 1. The van der Waals surface area contributed by atoms with E-state index in [0.717, 1.165) is 37.7 Å². The Morgan fingerprint density at radius 1 is 1.22 bits per heavy atom. The van der Waals surface area contributed by atoms with Crippen LogP contribution in [0.5, 0.6) is 0 Å². The van der Waals surface area contributed by atoms with E-state index in [2.05, 4.69) is 22.1 Å².